The molecular weight excluding hydrogens is 240 g/mol. The van der Waals surface area contributed by atoms with Crippen molar-refractivity contribution in [3.8, 4) is 6.07 Å². The number of carbonyl (C=O) groups is 1. The Balaban J connectivity index is 2.86. The van der Waals surface area contributed by atoms with E-state index in [0.717, 1.165) is 5.69 Å². The number of carbonyl (C=O) groups excluding carboxylic acids is 1. The fourth-order valence-corrected chi connectivity index (χ4v) is 1.33. The molecule has 0 heterocycles. The van der Waals surface area contributed by atoms with E-state index in [2.05, 4.69) is 16.2 Å². The highest BCUT2D eigenvalue weighted by molar-refractivity contribution is 5.82. The second kappa shape index (κ2) is 6.79. The lowest BCUT2D eigenvalue weighted by molar-refractivity contribution is -0.142. The highest BCUT2D eigenvalue weighted by Gasteiger charge is 2.26. The van der Waals surface area contributed by atoms with E-state index in [-0.39, 0.29) is 11.5 Å². The van der Waals surface area contributed by atoms with E-state index >= 15 is 0 Å². The standard InChI is InChI=1S/C15H21N2O2/c1-5-19-14(18)13(11-16-15(2,3)4)17-12-9-7-6-8-10-12/h6-10,13,17H,5H2,1-4H3/q+1. The predicted molar refractivity (Wildman–Crippen MR) is 77.5 cm³/mol. The molecule has 0 amide bonds. The van der Waals surface area contributed by atoms with E-state index in [1.807, 2.05) is 51.1 Å². The van der Waals surface area contributed by atoms with Gasteiger partial charge in [0.25, 0.3) is 11.6 Å². The molecule has 0 aliphatic heterocycles. The Bertz CT molecular complexity index is 466. The van der Waals surface area contributed by atoms with Gasteiger partial charge in [0, 0.05) is 26.5 Å². The molecule has 0 aliphatic carbocycles. The summed E-state index contributed by atoms with van der Waals surface area (Å²) in [6, 6.07) is 11.6. The molecule has 4 nitrogen and oxygen atoms in total. The van der Waals surface area contributed by atoms with Crippen molar-refractivity contribution in [2.24, 2.45) is 0 Å². The minimum absolute atomic E-state index is 0.275. The van der Waals surface area contributed by atoms with Crippen LogP contribution < -0.4 is 5.32 Å². The molecule has 1 unspecified atom stereocenters. The molecule has 0 bridgehead atoms. The van der Waals surface area contributed by atoms with Gasteiger partial charge in [-0.3, -0.25) is 0 Å². The number of ether oxygens (including phenoxy) is 1. The summed E-state index contributed by atoms with van der Waals surface area (Å²) < 4.78 is 5.02. The van der Waals surface area contributed by atoms with Crippen molar-refractivity contribution >= 4 is 11.7 Å². The van der Waals surface area contributed by atoms with Gasteiger partial charge in [0.05, 0.1) is 6.61 Å². The number of esters is 1. The SMILES string of the molecule is CCOC(=O)C(C#[N+]C(C)(C)C)Nc1ccccc1. The third-order valence-electron chi connectivity index (χ3n) is 2.14. The molecule has 1 aromatic carbocycles. The molecule has 0 spiro atoms. The minimum atomic E-state index is -0.693. The van der Waals surface area contributed by atoms with Crippen LogP contribution in [0.1, 0.15) is 27.7 Å². The van der Waals surface area contributed by atoms with Crippen LogP contribution in [0, 0.1) is 6.07 Å². The van der Waals surface area contributed by atoms with Crippen LogP contribution in [0.15, 0.2) is 30.3 Å². The largest absolute Gasteiger partial charge is 0.464 e. The topological polar surface area (TPSA) is 42.7 Å². The van der Waals surface area contributed by atoms with Gasteiger partial charge >= 0.3 is 12.0 Å². The molecule has 0 radical (unpaired) electrons. The van der Waals surface area contributed by atoms with Gasteiger partial charge in [0.2, 0.25) is 0 Å². The smallest absolute Gasteiger partial charge is 0.348 e. The van der Waals surface area contributed by atoms with E-state index in [4.69, 9.17) is 4.74 Å². The zero-order valence-electron chi connectivity index (χ0n) is 11.9. The second-order valence-electron chi connectivity index (χ2n) is 5.11. The summed E-state index contributed by atoms with van der Waals surface area (Å²) >= 11 is 0. The van der Waals surface area contributed by atoms with E-state index in [9.17, 15) is 4.79 Å². The number of hydrogen-bond donors (Lipinski definition) is 1. The Hall–Kier alpha value is -2.02. The molecule has 1 atom stereocenters. The maximum absolute atomic E-state index is 11.9. The zero-order chi connectivity index (χ0) is 14.3. The van der Waals surface area contributed by atoms with Gasteiger partial charge in [-0.15, -0.1) is 0 Å². The van der Waals surface area contributed by atoms with Crippen molar-refractivity contribution in [2.75, 3.05) is 11.9 Å². The summed E-state index contributed by atoms with van der Waals surface area (Å²) in [5.41, 5.74) is 0.556. The van der Waals surface area contributed by atoms with Crippen molar-refractivity contribution in [3.05, 3.63) is 35.2 Å². The number of nitrogens with zero attached hydrogens (tertiary/aromatic N) is 1. The van der Waals surface area contributed by atoms with E-state index in [1.54, 1.807) is 6.92 Å². The number of anilines is 1. The first-order valence-corrected chi connectivity index (χ1v) is 6.38. The summed E-state index contributed by atoms with van der Waals surface area (Å²) in [5, 5.41) is 3.06. The molecule has 19 heavy (non-hydrogen) atoms. The van der Waals surface area contributed by atoms with Gasteiger partial charge in [-0.1, -0.05) is 23.0 Å². The molecule has 1 rings (SSSR count). The van der Waals surface area contributed by atoms with Crippen LogP contribution >= 0.6 is 0 Å². The monoisotopic (exact) mass is 261 g/mol. The van der Waals surface area contributed by atoms with E-state index < -0.39 is 6.04 Å². The van der Waals surface area contributed by atoms with Gasteiger partial charge in [-0.05, 0) is 19.1 Å². The quantitative estimate of drug-likeness (QED) is 0.847. The van der Waals surface area contributed by atoms with Crippen molar-refractivity contribution in [1.29, 1.82) is 0 Å². The lowest BCUT2D eigenvalue weighted by atomic mass is 10.1. The van der Waals surface area contributed by atoms with Gasteiger partial charge in [-0.25, -0.2) is 4.79 Å². The fraction of sp³-hybridized carbons (Fsp3) is 0.467. The number of rotatable bonds is 4. The lowest BCUT2D eigenvalue weighted by Crippen LogP contribution is -2.30. The molecule has 0 fully saturated rings. The second-order valence-corrected chi connectivity index (χ2v) is 5.11. The van der Waals surface area contributed by atoms with Crippen molar-refractivity contribution < 1.29 is 9.53 Å². The molecule has 1 N–H and O–H groups in total. The zero-order valence-corrected chi connectivity index (χ0v) is 11.9. The Morgan fingerprint density at radius 3 is 2.53 bits per heavy atom. The number of para-hydroxylation sites is 1. The number of benzene rings is 1. The van der Waals surface area contributed by atoms with E-state index in [0.29, 0.717) is 6.61 Å². The fourth-order valence-electron chi connectivity index (χ4n) is 1.33. The van der Waals surface area contributed by atoms with Gasteiger partial charge < -0.3 is 10.1 Å². The summed E-state index contributed by atoms with van der Waals surface area (Å²) in [7, 11) is 0. The molecule has 0 aromatic heterocycles. The summed E-state index contributed by atoms with van der Waals surface area (Å²) in [4.78, 5) is 16.1. The van der Waals surface area contributed by atoms with Crippen LogP contribution in [0.5, 0.6) is 0 Å². The van der Waals surface area contributed by atoms with Crippen molar-refractivity contribution in [3.63, 3.8) is 0 Å². The highest BCUT2D eigenvalue weighted by atomic mass is 16.5. The molecule has 4 heteroatoms. The van der Waals surface area contributed by atoms with Crippen molar-refractivity contribution in [2.45, 2.75) is 39.3 Å². The normalized spacial score (nSPS) is 12.0. The highest BCUT2D eigenvalue weighted by Crippen LogP contribution is 2.10. The number of nitrogens with one attached hydrogen (secondary N) is 1. The first-order chi connectivity index (χ1) is 8.92. The maximum Gasteiger partial charge on any atom is 0.348 e. The average molecular weight is 261 g/mol. The first-order valence-electron chi connectivity index (χ1n) is 6.38. The Morgan fingerprint density at radius 2 is 2.00 bits per heavy atom. The molecule has 102 valence electrons. The number of hydrogen-bond acceptors (Lipinski definition) is 3. The van der Waals surface area contributed by atoms with Gasteiger partial charge in [-0.2, -0.15) is 0 Å². The lowest BCUT2D eigenvalue weighted by Gasteiger charge is -2.09. The average Bonchev–Trinajstić information content (AvgIpc) is 2.35. The summed E-state index contributed by atoms with van der Waals surface area (Å²) in [6.07, 6.45) is 0. The Labute approximate surface area is 114 Å². The molecule has 0 saturated carbocycles. The van der Waals surface area contributed by atoms with Gasteiger partial charge in [0.1, 0.15) is 0 Å². The third-order valence-corrected chi connectivity index (χ3v) is 2.14. The Kier molecular flexibility index (Phi) is 5.37. The van der Waals surface area contributed by atoms with Crippen LogP contribution in [0.4, 0.5) is 5.69 Å². The van der Waals surface area contributed by atoms with Gasteiger partial charge in [0.15, 0.2) is 0 Å². The third kappa shape index (κ3) is 5.91. The molecular formula is C15H21N2O2+. The van der Waals surface area contributed by atoms with Crippen LogP contribution in [-0.4, -0.2) is 24.2 Å². The van der Waals surface area contributed by atoms with E-state index in [1.165, 1.54) is 0 Å². The summed E-state index contributed by atoms with van der Waals surface area (Å²) in [5.74, 6) is -0.376. The van der Waals surface area contributed by atoms with Crippen LogP contribution in [0.25, 0.3) is 4.85 Å². The maximum atomic E-state index is 11.9. The molecule has 0 saturated heterocycles. The van der Waals surface area contributed by atoms with Crippen LogP contribution in [0.3, 0.4) is 0 Å². The summed E-state index contributed by atoms with van der Waals surface area (Å²) in [6.45, 7) is 7.96. The molecule has 1 aromatic rings. The molecule has 0 aliphatic rings. The van der Waals surface area contributed by atoms with Crippen LogP contribution in [-0.2, 0) is 9.53 Å². The Morgan fingerprint density at radius 1 is 1.37 bits per heavy atom. The van der Waals surface area contributed by atoms with Crippen molar-refractivity contribution in [1.82, 2.24) is 0 Å². The van der Waals surface area contributed by atoms with Crippen LogP contribution in [0.2, 0.25) is 0 Å². The predicted octanol–water partition coefficient (Wildman–Crippen LogP) is 3.16. The first kappa shape index (κ1) is 15.0. The minimum Gasteiger partial charge on any atom is -0.464 e.